The highest BCUT2D eigenvalue weighted by atomic mass is 32.2. The standard InChI is InChI=1S/C22H29N5O5S/c1-15(11-20(28)29)25-22(33-3)26-21-16-12-18(30-2)19(13-17(16)23-14-24-21)32-8-4-5-27-6-9-31-10-7-27/h11-14H,4-10H2,1-3H3,(H,28,29)(H,23,24,25,26)/b15-11+. The van der Waals surface area contributed by atoms with E-state index in [0.717, 1.165) is 45.3 Å². The second kappa shape index (κ2) is 12.4. The first-order chi connectivity index (χ1) is 16.0. The fraction of sp³-hybridized carbons (Fsp3) is 0.455. The van der Waals surface area contributed by atoms with Crippen LogP contribution in [0.25, 0.3) is 10.9 Å². The zero-order chi connectivity index (χ0) is 23.6. The Labute approximate surface area is 197 Å². The van der Waals surface area contributed by atoms with Crippen molar-refractivity contribution in [3.8, 4) is 11.5 Å². The van der Waals surface area contributed by atoms with Gasteiger partial charge in [0.25, 0.3) is 0 Å². The Balaban J connectivity index is 1.76. The number of amidine groups is 1. The second-order valence-electron chi connectivity index (χ2n) is 7.29. The molecule has 1 aromatic heterocycles. The van der Waals surface area contributed by atoms with Crippen LogP contribution < -0.4 is 14.8 Å². The van der Waals surface area contributed by atoms with Gasteiger partial charge in [-0.25, -0.2) is 19.8 Å². The summed E-state index contributed by atoms with van der Waals surface area (Å²) in [6.45, 7) is 6.66. The van der Waals surface area contributed by atoms with Crippen molar-refractivity contribution in [2.45, 2.75) is 13.3 Å². The molecule has 0 aliphatic carbocycles. The largest absolute Gasteiger partial charge is 0.493 e. The number of allylic oxidation sites excluding steroid dienone is 1. The van der Waals surface area contributed by atoms with Gasteiger partial charge >= 0.3 is 5.97 Å². The minimum absolute atomic E-state index is 0.442. The number of nitrogens with zero attached hydrogens (tertiary/aromatic N) is 4. The van der Waals surface area contributed by atoms with E-state index in [1.807, 2.05) is 18.4 Å². The Morgan fingerprint density at radius 2 is 2.12 bits per heavy atom. The predicted molar refractivity (Wildman–Crippen MR) is 129 cm³/mol. The van der Waals surface area contributed by atoms with Crippen molar-refractivity contribution in [1.29, 1.82) is 0 Å². The van der Waals surface area contributed by atoms with Crippen LogP contribution >= 0.6 is 11.8 Å². The minimum Gasteiger partial charge on any atom is -0.493 e. The molecule has 1 aromatic carbocycles. The molecule has 11 heteroatoms. The van der Waals surface area contributed by atoms with Crippen molar-refractivity contribution in [2.75, 3.05) is 52.8 Å². The number of carboxylic acids is 1. The van der Waals surface area contributed by atoms with Crippen LogP contribution in [0.15, 0.2) is 35.2 Å². The predicted octanol–water partition coefficient (Wildman–Crippen LogP) is 2.67. The molecule has 2 N–H and O–H groups in total. The number of hydrogen-bond donors (Lipinski definition) is 2. The van der Waals surface area contributed by atoms with Gasteiger partial charge < -0.3 is 24.6 Å². The topological polar surface area (TPSA) is 118 Å². The molecule has 0 saturated carbocycles. The highest BCUT2D eigenvalue weighted by Gasteiger charge is 2.13. The maximum absolute atomic E-state index is 10.9. The van der Waals surface area contributed by atoms with E-state index < -0.39 is 5.97 Å². The van der Waals surface area contributed by atoms with Crippen LogP contribution in [0.1, 0.15) is 13.3 Å². The molecule has 10 nitrogen and oxygen atoms in total. The number of carboxylic acid groups (broad SMARTS) is 1. The summed E-state index contributed by atoms with van der Waals surface area (Å²) in [5.74, 6) is 0.595. The van der Waals surface area contributed by atoms with E-state index in [1.165, 1.54) is 18.1 Å². The van der Waals surface area contributed by atoms with Gasteiger partial charge in [0.05, 0.1) is 32.4 Å². The van der Waals surface area contributed by atoms with Gasteiger partial charge in [-0.05, 0) is 25.7 Å². The molecule has 1 aliphatic rings. The van der Waals surface area contributed by atoms with E-state index in [2.05, 4.69) is 25.2 Å². The summed E-state index contributed by atoms with van der Waals surface area (Å²) >= 11 is 1.34. The lowest BCUT2D eigenvalue weighted by Gasteiger charge is -2.26. The summed E-state index contributed by atoms with van der Waals surface area (Å²) in [4.78, 5) is 26.5. The van der Waals surface area contributed by atoms with Crippen molar-refractivity contribution in [1.82, 2.24) is 20.2 Å². The Morgan fingerprint density at radius 3 is 2.82 bits per heavy atom. The molecule has 1 aliphatic heterocycles. The molecule has 1 fully saturated rings. The molecule has 1 saturated heterocycles. The van der Waals surface area contributed by atoms with Crippen LogP contribution in [0.4, 0.5) is 5.82 Å². The van der Waals surface area contributed by atoms with Crippen molar-refractivity contribution >= 4 is 39.6 Å². The number of morpholine rings is 1. The lowest BCUT2D eigenvalue weighted by Crippen LogP contribution is -2.37. The number of ether oxygens (including phenoxy) is 3. The van der Waals surface area contributed by atoms with E-state index >= 15 is 0 Å². The van der Waals surface area contributed by atoms with Crippen molar-refractivity contribution < 1.29 is 24.1 Å². The number of carbonyl (C=O) groups is 1. The average Bonchev–Trinajstić information content (AvgIpc) is 2.81. The van der Waals surface area contributed by atoms with Crippen LogP contribution in [0.3, 0.4) is 0 Å². The van der Waals surface area contributed by atoms with Gasteiger partial charge in [-0.3, -0.25) is 4.90 Å². The van der Waals surface area contributed by atoms with E-state index in [4.69, 9.17) is 19.3 Å². The molecule has 0 unspecified atom stereocenters. The number of aromatic nitrogens is 2. The van der Waals surface area contributed by atoms with Gasteiger partial charge in [0, 0.05) is 42.9 Å². The lowest BCUT2D eigenvalue weighted by molar-refractivity contribution is -0.131. The Kier molecular flexibility index (Phi) is 9.28. The summed E-state index contributed by atoms with van der Waals surface area (Å²) in [5.41, 5.74) is 1.13. The van der Waals surface area contributed by atoms with Gasteiger partial charge in [0.2, 0.25) is 0 Å². The smallest absolute Gasteiger partial charge is 0.330 e. The number of benzene rings is 1. The summed E-state index contributed by atoms with van der Waals surface area (Å²) in [6, 6.07) is 3.63. The molecule has 3 rings (SSSR count). The molecule has 0 atom stereocenters. The van der Waals surface area contributed by atoms with Crippen molar-refractivity contribution in [2.24, 2.45) is 4.99 Å². The van der Waals surface area contributed by atoms with E-state index in [9.17, 15) is 4.79 Å². The quantitative estimate of drug-likeness (QED) is 0.242. The van der Waals surface area contributed by atoms with E-state index in [1.54, 1.807) is 14.0 Å². The van der Waals surface area contributed by atoms with E-state index in [0.29, 0.717) is 45.7 Å². The first-order valence-corrected chi connectivity index (χ1v) is 11.8. The first kappa shape index (κ1) is 24.7. The molecular weight excluding hydrogens is 446 g/mol. The fourth-order valence-electron chi connectivity index (χ4n) is 3.32. The number of thioether (sulfide) groups is 1. The number of nitrogens with one attached hydrogen (secondary N) is 1. The molecule has 2 heterocycles. The number of fused-ring (bicyclic) bond motifs is 1. The minimum atomic E-state index is -1.03. The molecule has 2 aromatic rings. The Morgan fingerprint density at radius 1 is 1.33 bits per heavy atom. The Bertz CT molecular complexity index is 1020. The zero-order valence-corrected chi connectivity index (χ0v) is 19.9. The van der Waals surface area contributed by atoms with Crippen molar-refractivity contribution in [3.63, 3.8) is 0 Å². The first-order valence-electron chi connectivity index (χ1n) is 10.6. The normalized spacial score (nSPS) is 15.5. The van der Waals surface area contributed by atoms with Gasteiger partial charge in [-0.1, -0.05) is 11.8 Å². The molecule has 33 heavy (non-hydrogen) atoms. The van der Waals surface area contributed by atoms with Crippen molar-refractivity contribution in [3.05, 3.63) is 30.2 Å². The maximum atomic E-state index is 10.9. The number of hydrogen-bond acceptors (Lipinski definition) is 9. The SMILES string of the molecule is COc1cc2c(N=C(N/C(C)=C/C(=O)O)SC)ncnc2cc1OCCCN1CCOCC1. The molecule has 0 bridgehead atoms. The van der Waals surface area contributed by atoms with Crippen LogP contribution in [-0.4, -0.2) is 83.9 Å². The van der Waals surface area contributed by atoms with Crippen LogP contribution in [0.5, 0.6) is 11.5 Å². The highest BCUT2D eigenvalue weighted by Crippen LogP contribution is 2.35. The lowest BCUT2D eigenvalue weighted by atomic mass is 10.2. The third-order valence-corrected chi connectivity index (χ3v) is 5.50. The highest BCUT2D eigenvalue weighted by molar-refractivity contribution is 8.13. The van der Waals surface area contributed by atoms with Gasteiger partial charge in [-0.15, -0.1) is 0 Å². The molecule has 0 spiro atoms. The number of aliphatic carboxylic acids is 1. The summed E-state index contributed by atoms with van der Waals surface area (Å²) in [5, 5.41) is 13.1. The average molecular weight is 476 g/mol. The number of rotatable bonds is 9. The van der Waals surface area contributed by atoms with Gasteiger partial charge in [0.1, 0.15) is 6.33 Å². The fourth-order valence-corrected chi connectivity index (χ4v) is 3.76. The summed E-state index contributed by atoms with van der Waals surface area (Å²) in [6.07, 6.45) is 5.25. The molecule has 178 valence electrons. The monoisotopic (exact) mass is 475 g/mol. The van der Waals surface area contributed by atoms with Gasteiger partial charge in [-0.2, -0.15) is 0 Å². The molecule has 0 amide bonds. The van der Waals surface area contributed by atoms with Crippen LogP contribution in [0.2, 0.25) is 0 Å². The number of aliphatic imine (C=N–C) groups is 1. The number of methoxy groups -OCH3 is 1. The van der Waals surface area contributed by atoms with E-state index in [-0.39, 0.29) is 0 Å². The van der Waals surface area contributed by atoms with Gasteiger partial charge in [0.15, 0.2) is 22.5 Å². The van der Waals surface area contributed by atoms with Crippen LogP contribution in [0, 0.1) is 0 Å². The summed E-state index contributed by atoms with van der Waals surface area (Å²) in [7, 11) is 1.59. The third-order valence-electron chi connectivity index (χ3n) is 4.92. The molecular formula is C22H29N5O5S. The third kappa shape index (κ3) is 7.31. The maximum Gasteiger partial charge on any atom is 0.330 e. The zero-order valence-electron chi connectivity index (χ0n) is 19.0. The second-order valence-corrected chi connectivity index (χ2v) is 8.08. The summed E-state index contributed by atoms with van der Waals surface area (Å²) < 4.78 is 16.9. The van der Waals surface area contributed by atoms with Crippen LogP contribution in [-0.2, 0) is 9.53 Å². The Hall–Kier alpha value is -2.89. The molecule has 0 radical (unpaired) electrons.